The van der Waals surface area contributed by atoms with Crippen LogP contribution in [0.1, 0.15) is 153 Å². The van der Waals surface area contributed by atoms with Gasteiger partial charge in [0.25, 0.3) is 0 Å². The number of piperazine rings is 3. The van der Waals surface area contributed by atoms with Crippen molar-refractivity contribution >= 4 is 59.4 Å². The maximum Gasteiger partial charge on any atom is 0.410 e. The van der Waals surface area contributed by atoms with Crippen LogP contribution in [0, 0.1) is 0 Å². The van der Waals surface area contributed by atoms with Crippen molar-refractivity contribution in [2.24, 2.45) is 0 Å². The molecule has 5 heterocycles. The second-order valence-corrected chi connectivity index (χ2v) is 24.7. The number of carbonyl (C=O) groups excluding carboxylic acids is 3. The summed E-state index contributed by atoms with van der Waals surface area (Å²) in [6.45, 7) is 3.36. The van der Waals surface area contributed by atoms with Gasteiger partial charge >= 0.3 is 36.2 Å². The van der Waals surface area contributed by atoms with Crippen LogP contribution < -0.4 is 5.32 Å². The molecule has 2 aromatic carbocycles. The largest absolute Gasteiger partial charge is 0.480 e. The first kappa shape index (κ1) is 62.5. The zero-order valence-corrected chi connectivity index (χ0v) is 50.3. The highest BCUT2D eigenvalue weighted by Crippen LogP contribution is 2.40. The number of aliphatic carboxylic acids is 3. The lowest BCUT2D eigenvalue weighted by atomic mass is 9.95. The Balaban J connectivity index is 0.000000150. The summed E-state index contributed by atoms with van der Waals surface area (Å²) in [6, 6.07) is 16.8. The number of fused-ring (bicyclic) bond motifs is 4. The number of carboxylic acids is 3. The van der Waals surface area contributed by atoms with Crippen LogP contribution in [0.4, 0.5) is 14.4 Å². The number of amides is 3. The molecule has 86 heavy (non-hydrogen) atoms. The van der Waals surface area contributed by atoms with Gasteiger partial charge in [-0.15, -0.1) is 0 Å². The number of benzene rings is 2. The van der Waals surface area contributed by atoms with Crippen LogP contribution in [-0.4, -0.2) is 181 Å². The van der Waals surface area contributed by atoms with Crippen LogP contribution in [0.2, 0.25) is 10.0 Å². The molecule has 462 valence electrons. The number of nitrogens with zero attached hydrogens (tertiary/aromatic N) is 7. The monoisotopic (exact) mass is 1220 g/mol. The van der Waals surface area contributed by atoms with Crippen LogP contribution in [0.25, 0.3) is 0 Å². The van der Waals surface area contributed by atoms with Crippen LogP contribution in [0.3, 0.4) is 0 Å². The summed E-state index contributed by atoms with van der Waals surface area (Å²) in [5.41, 5.74) is 8.73. The Hall–Kier alpha value is -6.58. The predicted molar refractivity (Wildman–Crippen MR) is 320 cm³/mol. The van der Waals surface area contributed by atoms with Gasteiger partial charge in [0.05, 0.1) is 23.5 Å². The molecular formula is C64H80Cl2N8O12. The van der Waals surface area contributed by atoms with Crippen LogP contribution in [0.15, 0.2) is 73.1 Å². The zero-order chi connectivity index (χ0) is 60.3. The molecule has 4 N–H and O–H groups in total. The highest BCUT2D eigenvalue weighted by Gasteiger charge is 2.44. The van der Waals surface area contributed by atoms with E-state index in [1.54, 1.807) is 12.4 Å². The fourth-order valence-electron chi connectivity index (χ4n) is 13.8. The van der Waals surface area contributed by atoms with Crippen LogP contribution in [0.5, 0.6) is 0 Å². The maximum absolute atomic E-state index is 12.9. The summed E-state index contributed by atoms with van der Waals surface area (Å²) >= 11 is 12.6. The van der Waals surface area contributed by atoms with Crippen molar-refractivity contribution in [3.63, 3.8) is 0 Å². The number of halogens is 2. The second kappa shape index (κ2) is 29.4. The average Bonchev–Trinajstić information content (AvgIpc) is 2.41. The lowest BCUT2D eigenvalue weighted by molar-refractivity contribution is -0.146. The molecule has 12 rings (SSSR count). The minimum absolute atomic E-state index is 0.0319. The fraction of sp³-hybridized carbons (Fsp3) is 0.562. The predicted octanol–water partition coefficient (Wildman–Crippen LogP) is 9.74. The van der Waals surface area contributed by atoms with Gasteiger partial charge < -0.3 is 34.8 Å². The second-order valence-electron chi connectivity index (χ2n) is 23.9. The number of carbonyl (C=O) groups is 6. The van der Waals surface area contributed by atoms with E-state index in [0.717, 1.165) is 160 Å². The number of nitrogens with one attached hydrogen (secondary N) is 1. The van der Waals surface area contributed by atoms with E-state index in [2.05, 4.69) is 27.2 Å². The van der Waals surface area contributed by atoms with Crippen molar-refractivity contribution in [1.82, 2.24) is 39.8 Å². The molecule has 2 aromatic heterocycles. The van der Waals surface area contributed by atoms with Gasteiger partial charge in [-0.05, 0) is 173 Å². The van der Waals surface area contributed by atoms with Gasteiger partial charge in [-0.3, -0.25) is 34.5 Å². The quantitative estimate of drug-likeness (QED) is 0.120. The first-order chi connectivity index (χ1) is 41.7. The highest BCUT2D eigenvalue weighted by atomic mass is 35.5. The van der Waals surface area contributed by atoms with Gasteiger partial charge in [0.1, 0.15) is 36.4 Å². The van der Waals surface area contributed by atoms with Crippen molar-refractivity contribution < 1.29 is 58.3 Å². The molecule has 0 spiro atoms. The number of hydrogen-bond donors (Lipinski definition) is 4. The Bertz CT molecular complexity index is 2880. The molecule has 20 nitrogen and oxygen atoms in total. The topological polar surface area (TPSA) is 245 Å². The van der Waals surface area contributed by atoms with Crippen molar-refractivity contribution in [3.8, 4) is 0 Å². The molecule has 3 saturated heterocycles. The molecule has 3 saturated carbocycles. The number of aryl methyl sites for hydroxylation is 4. The summed E-state index contributed by atoms with van der Waals surface area (Å²) in [4.78, 5) is 91.4. The van der Waals surface area contributed by atoms with E-state index in [4.69, 9.17) is 52.5 Å². The normalized spacial score (nSPS) is 24.0. The molecule has 5 atom stereocenters. The molecule has 8 aliphatic rings. The summed E-state index contributed by atoms with van der Waals surface area (Å²) in [5.74, 6) is -3.02. The number of aromatic nitrogens is 2. The molecule has 3 aliphatic heterocycles. The molecule has 5 aliphatic carbocycles. The zero-order valence-electron chi connectivity index (χ0n) is 48.7. The molecule has 0 radical (unpaired) electrons. The molecule has 0 bridgehead atoms. The van der Waals surface area contributed by atoms with Gasteiger partial charge in [0, 0.05) is 81.3 Å². The molecule has 0 unspecified atom stereocenters. The van der Waals surface area contributed by atoms with Crippen molar-refractivity contribution in [1.29, 1.82) is 0 Å². The highest BCUT2D eigenvalue weighted by molar-refractivity contribution is 6.31. The number of hydrogen-bond acceptors (Lipinski definition) is 14. The summed E-state index contributed by atoms with van der Waals surface area (Å²) < 4.78 is 16.8. The first-order valence-corrected chi connectivity index (χ1v) is 31.7. The van der Waals surface area contributed by atoms with E-state index in [1.807, 2.05) is 48.5 Å². The molecule has 4 aromatic rings. The van der Waals surface area contributed by atoms with Gasteiger partial charge in [0.2, 0.25) is 0 Å². The minimum atomic E-state index is -1.02. The Morgan fingerprint density at radius 3 is 1.22 bits per heavy atom. The van der Waals surface area contributed by atoms with Crippen LogP contribution in [-0.2, 0) is 54.3 Å². The van der Waals surface area contributed by atoms with E-state index in [0.29, 0.717) is 49.3 Å². The lowest BCUT2D eigenvalue weighted by Crippen LogP contribution is -2.59. The smallest absolute Gasteiger partial charge is 0.410 e. The third kappa shape index (κ3) is 15.2. The van der Waals surface area contributed by atoms with E-state index < -0.39 is 54.3 Å². The summed E-state index contributed by atoms with van der Waals surface area (Å²) in [6.07, 6.45) is 20.3. The van der Waals surface area contributed by atoms with E-state index in [1.165, 1.54) is 21.1 Å². The van der Waals surface area contributed by atoms with Gasteiger partial charge in [0.15, 0.2) is 0 Å². The fourth-order valence-corrected chi connectivity index (χ4v) is 14.2. The minimum Gasteiger partial charge on any atom is -0.480 e. The number of carboxylic acid groups (broad SMARTS) is 3. The molecule has 22 heteroatoms. The van der Waals surface area contributed by atoms with E-state index in [9.17, 15) is 39.0 Å². The molecule has 6 fully saturated rings. The van der Waals surface area contributed by atoms with Crippen molar-refractivity contribution in [3.05, 3.63) is 128 Å². The van der Waals surface area contributed by atoms with Gasteiger partial charge in [-0.25, -0.2) is 28.8 Å². The summed E-state index contributed by atoms with van der Waals surface area (Å²) in [5, 5.41) is 33.5. The maximum atomic E-state index is 12.9. The van der Waals surface area contributed by atoms with Gasteiger partial charge in [-0.2, -0.15) is 0 Å². The standard InChI is InChI=1S/2C26H30ClN3O4.C12H20N2O4/c2*27-19-10-11-21-18(15-19)9-8-17-5-4-12-28-23(17)24(21)29-13-14-30(22(16-29)25(31)32)26(33)34-20-6-2-1-3-7-20;15-11(16)10-8-13-6-7-14(10)12(17)18-9-4-2-1-3-5-9/h2*4-5,10-12,15,20,22,24H,1-3,6-9,13-14,16H2,(H,31,32);9-10,13H,1-8H2,(H,15,16)/t22-,24+;22-,24-;10-/m111/s1. The molecule has 3 amide bonds. The Morgan fingerprint density at radius 1 is 0.465 bits per heavy atom. The number of rotatable bonds is 8. The third-order valence-corrected chi connectivity index (χ3v) is 18.8. The van der Waals surface area contributed by atoms with E-state index >= 15 is 0 Å². The van der Waals surface area contributed by atoms with E-state index in [-0.39, 0.29) is 50.0 Å². The number of pyridine rings is 2. The average molecular weight is 1220 g/mol. The van der Waals surface area contributed by atoms with Gasteiger partial charge in [-0.1, -0.05) is 66.7 Å². The van der Waals surface area contributed by atoms with Crippen molar-refractivity contribution in [2.45, 2.75) is 171 Å². The Morgan fingerprint density at radius 2 is 0.837 bits per heavy atom. The first-order valence-electron chi connectivity index (χ1n) is 30.9. The molecular weight excluding hydrogens is 1140 g/mol. The van der Waals surface area contributed by atoms with Crippen molar-refractivity contribution in [2.75, 3.05) is 58.9 Å². The Kier molecular flexibility index (Phi) is 21.4. The lowest BCUT2D eigenvalue weighted by Gasteiger charge is -2.43. The SMILES string of the molecule is O=C(O)[C@H]1CN([C@@H]2c3ccc(Cl)cc3CCc3cccnc32)CCN1C(=O)OC1CCCCC1.O=C(O)[C@H]1CN([C@H]2c3ccc(Cl)cc3CCc3cccnc32)CCN1C(=O)OC1CCCCC1.O=C(O)[C@H]1CNCCN1C(=O)OC1CCCCC1. The third-order valence-electron chi connectivity index (χ3n) is 18.3. The van der Waals surface area contributed by atoms with Crippen LogP contribution >= 0.6 is 23.2 Å². The number of ether oxygens (including phenoxy) is 3. The summed E-state index contributed by atoms with van der Waals surface area (Å²) in [7, 11) is 0. The Labute approximate surface area is 512 Å².